The van der Waals surface area contributed by atoms with E-state index in [0.29, 0.717) is 30.8 Å². The lowest BCUT2D eigenvalue weighted by Crippen LogP contribution is -2.41. The van der Waals surface area contributed by atoms with Gasteiger partial charge in [-0.1, -0.05) is 18.2 Å². The summed E-state index contributed by atoms with van der Waals surface area (Å²) in [4.78, 5) is 26.9. The lowest BCUT2D eigenvalue weighted by atomic mass is 9.97. The molecule has 144 valence electrons. The monoisotopic (exact) mass is 376 g/mol. The highest BCUT2D eigenvalue weighted by atomic mass is 16.2. The standard InChI is InChI=1S/C22H24N4O2/c23-15-17-8-10-20(11-9-17)24-21(27)12-14-26-13-4-5-18(16-26)22(28)25-19-6-2-1-3-7-19/h1-3,6-11,18H,4-5,12-14,16H2,(H,24,27)(H,25,28)/t18-/m0/s1. The molecule has 0 saturated carbocycles. The first kappa shape index (κ1) is 19.6. The predicted molar refractivity (Wildman–Crippen MR) is 109 cm³/mol. The van der Waals surface area contributed by atoms with Crippen molar-refractivity contribution in [2.45, 2.75) is 19.3 Å². The topological polar surface area (TPSA) is 85.2 Å². The Morgan fingerprint density at radius 3 is 2.46 bits per heavy atom. The molecule has 2 aromatic rings. The van der Waals surface area contributed by atoms with Crippen LogP contribution in [-0.4, -0.2) is 36.3 Å². The maximum Gasteiger partial charge on any atom is 0.228 e. The molecule has 0 bridgehead atoms. The summed E-state index contributed by atoms with van der Waals surface area (Å²) < 4.78 is 0. The van der Waals surface area contributed by atoms with Crippen LogP contribution >= 0.6 is 0 Å². The summed E-state index contributed by atoms with van der Waals surface area (Å²) in [5.74, 6) is -0.0888. The Bertz CT molecular complexity index is 843. The molecule has 0 spiro atoms. The lowest BCUT2D eigenvalue weighted by molar-refractivity contribution is -0.121. The van der Waals surface area contributed by atoms with Crippen LogP contribution in [-0.2, 0) is 9.59 Å². The highest BCUT2D eigenvalue weighted by molar-refractivity contribution is 5.93. The van der Waals surface area contributed by atoms with E-state index < -0.39 is 0 Å². The van der Waals surface area contributed by atoms with E-state index in [1.807, 2.05) is 30.3 Å². The molecule has 2 amide bonds. The van der Waals surface area contributed by atoms with Crippen LogP contribution in [0.5, 0.6) is 0 Å². The molecule has 6 heteroatoms. The average molecular weight is 376 g/mol. The maximum atomic E-state index is 12.5. The van der Waals surface area contributed by atoms with Gasteiger partial charge < -0.3 is 15.5 Å². The highest BCUT2D eigenvalue weighted by Crippen LogP contribution is 2.19. The van der Waals surface area contributed by atoms with Crippen molar-refractivity contribution in [2.75, 3.05) is 30.3 Å². The molecule has 0 aliphatic carbocycles. The number of rotatable bonds is 6. The minimum atomic E-state index is -0.0689. The Morgan fingerprint density at radius 1 is 1.04 bits per heavy atom. The second kappa shape index (κ2) is 9.67. The molecule has 0 radical (unpaired) electrons. The fraction of sp³-hybridized carbons (Fsp3) is 0.318. The van der Waals surface area contributed by atoms with Gasteiger partial charge in [0.15, 0.2) is 0 Å². The van der Waals surface area contributed by atoms with Gasteiger partial charge in [-0.25, -0.2) is 0 Å². The number of carbonyl (C=O) groups excluding carboxylic acids is 2. The van der Waals surface area contributed by atoms with Crippen LogP contribution in [0.2, 0.25) is 0 Å². The van der Waals surface area contributed by atoms with Gasteiger partial charge in [-0.3, -0.25) is 9.59 Å². The molecule has 1 aliphatic rings. The Labute approximate surface area is 165 Å². The van der Waals surface area contributed by atoms with Gasteiger partial charge in [0.2, 0.25) is 11.8 Å². The van der Waals surface area contributed by atoms with Gasteiger partial charge in [-0.15, -0.1) is 0 Å². The van der Waals surface area contributed by atoms with E-state index in [2.05, 4.69) is 21.6 Å². The molecule has 1 saturated heterocycles. The first-order valence-electron chi connectivity index (χ1n) is 9.52. The smallest absolute Gasteiger partial charge is 0.228 e. The first-order chi connectivity index (χ1) is 13.6. The fourth-order valence-corrected chi connectivity index (χ4v) is 3.35. The van der Waals surface area contributed by atoms with Gasteiger partial charge in [0.1, 0.15) is 0 Å². The summed E-state index contributed by atoms with van der Waals surface area (Å²) in [6, 6.07) is 18.3. The van der Waals surface area contributed by atoms with Crippen LogP contribution < -0.4 is 10.6 Å². The summed E-state index contributed by atoms with van der Waals surface area (Å²) in [5, 5.41) is 14.6. The van der Waals surface area contributed by atoms with Crippen molar-refractivity contribution in [3.05, 3.63) is 60.2 Å². The number of nitriles is 1. The molecule has 1 aliphatic heterocycles. The molecule has 0 unspecified atom stereocenters. The molecular formula is C22H24N4O2. The molecule has 1 heterocycles. The van der Waals surface area contributed by atoms with Crippen molar-refractivity contribution >= 4 is 23.2 Å². The van der Waals surface area contributed by atoms with Gasteiger partial charge >= 0.3 is 0 Å². The summed E-state index contributed by atoms with van der Waals surface area (Å²) >= 11 is 0. The number of carbonyl (C=O) groups is 2. The number of anilines is 2. The minimum absolute atomic E-state index is 0.0398. The zero-order chi connectivity index (χ0) is 19.8. The number of hydrogen-bond acceptors (Lipinski definition) is 4. The summed E-state index contributed by atoms with van der Waals surface area (Å²) in [6.45, 7) is 2.19. The number of amides is 2. The van der Waals surface area contributed by atoms with Crippen molar-refractivity contribution in [3.8, 4) is 6.07 Å². The van der Waals surface area contributed by atoms with E-state index in [1.54, 1.807) is 24.3 Å². The largest absolute Gasteiger partial charge is 0.326 e. The van der Waals surface area contributed by atoms with Gasteiger partial charge in [0.25, 0.3) is 0 Å². The SMILES string of the molecule is N#Cc1ccc(NC(=O)CCN2CCC[C@H](C(=O)Nc3ccccc3)C2)cc1. The summed E-state index contributed by atoms with van der Waals surface area (Å²) in [7, 11) is 0. The third kappa shape index (κ3) is 5.66. The van der Waals surface area contributed by atoms with Gasteiger partial charge in [-0.2, -0.15) is 5.26 Å². The van der Waals surface area contributed by atoms with Crippen molar-refractivity contribution < 1.29 is 9.59 Å². The summed E-state index contributed by atoms with van der Waals surface area (Å²) in [5.41, 5.74) is 2.06. The van der Waals surface area contributed by atoms with Crippen molar-refractivity contribution in [2.24, 2.45) is 5.92 Å². The predicted octanol–water partition coefficient (Wildman–Crippen LogP) is 3.24. The molecule has 2 aromatic carbocycles. The molecule has 6 nitrogen and oxygen atoms in total. The number of nitrogens with one attached hydrogen (secondary N) is 2. The second-order valence-electron chi connectivity index (χ2n) is 6.98. The third-order valence-corrected chi connectivity index (χ3v) is 4.87. The van der Waals surface area contributed by atoms with Gasteiger partial charge in [-0.05, 0) is 55.8 Å². The molecular weight excluding hydrogens is 352 g/mol. The zero-order valence-corrected chi connectivity index (χ0v) is 15.7. The van der Waals surface area contributed by atoms with Crippen molar-refractivity contribution in [3.63, 3.8) is 0 Å². The van der Waals surface area contributed by atoms with Crippen LogP contribution in [0.3, 0.4) is 0 Å². The van der Waals surface area contributed by atoms with Crippen LogP contribution in [0.15, 0.2) is 54.6 Å². The third-order valence-electron chi connectivity index (χ3n) is 4.87. The van der Waals surface area contributed by atoms with Crippen LogP contribution in [0.4, 0.5) is 11.4 Å². The van der Waals surface area contributed by atoms with E-state index in [4.69, 9.17) is 5.26 Å². The number of likely N-dealkylation sites (tertiary alicyclic amines) is 1. The first-order valence-corrected chi connectivity index (χ1v) is 9.52. The van der Waals surface area contributed by atoms with Gasteiger partial charge in [0, 0.05) is 30.9 Å². The quantitative estimate of drug-likeness (QED) is 0.810. The number of para-hydroxylation sites is 1. The molecule has 3 rings (SSSR count). The molecule has 1 atom stereocenters. The number of nitrogens with zero attached hydrogens (tertiary/aromatic N) is 2. The van der Waals surface area contributed by atoms with Crippen molar-refractivity contribution in [1.82, 2.24) is 4.90 Å². The summed E-state index contributed by atoms with van der Waals surface area (Å²) in [6.07, 6.45) is 2.18. The van der Waals surface area contributed by atoms with E-state index in [-0.39, 0.29) is 17.7 Å². The number of hydrogen-bond donors (Lipinski definition) is 2. The molecule has 1 fully saturated rings. The van der Waals surface area contributed by atoms with Crippen LogP contribution in [0.1, 0.15) is 24.8 Å². The second-order valence-corrected chi connectivity index (χ2v) is 6.98. The molecule has 0 aromatic heterocycles. The average Bonchev–Trinajstić information content (AvgIpc) is 2.74. The maximum absolute atomic E-state index is 12.5. The van der Waals surface area contributed by atoms with E-state index in [1.165, 1.54) is 0 Å². The van der Waals surface area contributed by atoms with E-state index >= 15 is 0 Å². The van der Waals surface area contributed by atoms with Gasteiger partial charge in [0.05, 0.1) is 17.6 Å². The Balaban J connectivity index is 1.44. The Hall–Kier alpha value is -3.17. The number of benzene rings is 2. The molecule has 28 heavy (non-hydrogen) atoms. The lowest BCUT2D eigenvalue weighted by Gasteiger charge is -2.31. The molecule has 2 N–H and O–H groups in total. The fourth-order valence-electron chi connectivity index (χ4n) is 3.35. The van der Waals surface area contributed by atoms with E-state index in [0.717, 1.165) is 25.1 Å². The zero-order valence-electron chi connectivity index (χ0n) is 15.7. The normalized spacial score (nSPS) is 16.8. The van der Waals surface area contributed by atoms with Crippen LogP contribution in [0, 0.1) is 17.2 Å². The number of piperidine rings is 1. The highest BCUT2D eigenvalue weighted by Gasteiger charge is 2.26. The van der Waals surface area contributed by atoms with Crippen molar-refractivity contribution in [1.29, 1.82) is 5.26 Å². The van der Waals surface area contributed by atoms with E-state index in [9.17, 15) is 9.59 Å². The van der Waals surface area contributed by atoms with Crippen LogP contribution in [0.25, 0.3) is 0 Å². The Morgan fingerprint density at radius 2 is 1.75 bits per heavy atom. The Kier molecular flexibility index (Phi) is 6.77. The minimum Gasteiger partial charge on any atom is -0.326 e.